The van der Waals surface area contributed by atoms with E-state index in [2.05, 4.69) is 16.7 Å². The highest BCUT2D eigenvalue weighted by atomic mass is 35.5. The van der Waals surface area contributed by atoms with Crippen LogP contribution in [0.2, 0.25) is 5.02 Å². The topological polar surface area (TPSA) is 91.2 Å². The summed E-state index contributed by atoms with van der Waals surface area (Å²) < 4.78 is 5.15. The Morgan fingerprint density at radius 1 is 1.52 bits per heavy atom. The van der Waals surface area contributed by atoms with Crippen molar-refractivity contribution in [1.29, 1.82) is 5.26 Å². The Balaban J connectivity index is 2.19. The summed E-state index contributed by atoms with van der Waals surface area (Å²) >= 11 is 7.36. The molecule has 2 N–H and O–H groups in total. The van der Waals surface area contributed by atoms with Gasteiger partial charge in [0.1, 0.15) is 5.75 Å². The Labute approximate surface area is 168 Å². The summed E-state index contributed by atoms with van der Waals surface area (Å²) in [6.45, 7) is 2.67. The zero-order chi connectivity index (χ0) is 19.8. The van der Waals surface area contributed by atoms with E-state index >= 15 is 0 Å². The van der Waals surface area contributed by atoms with Gasteiger partial charge in [0.25, 0.3) is 0 Å². The number of thioether (sulfide) groups is 1. The molecule has 0 aromatic heterocycles. The predicted molar refractivity (Wildman–Crippen MR) is 107 cm³/mol. The summed E-state index contributed by atoms with van der Waals surface area (Å²) in [7, 11) is 1.52. The first kappa shape index (κ1) is 21.1. The number of methoxy groups -OCH3 is 1. The Bertz CT molecular complexity index is 789. The number of halogens is 1. The number of nitrogens with zero attached hydrogens (tertiary/aromatic N) is 1. The molecule has 2 amide bonds. The fourth-order valence-electron chi connectivity index (χ4n) is 2.71. The van der Waals surface area contributed by atoms with Crippen LogP contribution in [-0.2, 0) is 9.59 Å². The second-order valence-corrected chi connectivity index (χ2v) is 7.44. The first-order valence-corrected chi connectivity index (χ1v) is 10.0. The number of nitriles is 1. The van der Waals surface area contributed by atoms with Crippen LogP contribution in [0.5, 0.6) is 5.75 Å². The molecule has 0 bridgehead atoms. The smallest absolute Gasteiger partial charge is 0.230 e. The van der Waals surface area contributed by atoms with Crippen LogP contribution in [0.25, 0.3) is 0 Å². The van der Waals surface area contributed by atoms with Crippen LogP contribution in [0, 0.1) is 11.3 Å². The largest absolute Gasteiger partial charge is 0.495 e. The molecule has 0 saturated heterocycles. The van der Waals surface area contributed by atoms with Crippen molar-refractivity contribution in [1.82, 2.24) is 10.6 Å². The Kier molecular flexibility index (Phi) is 8.01. The molecule has 0 saturated carbocycles. The number of carbonyl (C=O) groups excluding carboxylic acids is 2. The van der Waals surface area contributed by atoms with E-state index < -0.39 is 5.92 Å². The van der Waals surface area contributed by atoms with Crippen LogP contribution in [0.4, 0.5) is 0 Å². The molecule has 0 aliphatic carbocycles. The van der Waals surface area contributed by atoms with E-state index in [0.29, 0.717) is 27.9 Å². The van der Waals surface area contributed by atoms with E-state index in [0.717, 1.165) is 18.4 Å². The third-order valence-corrected chi connectivity index (χ3v) is 5.45. The van der Waals surface area contributed by atoms with Gasteiger partial charge >= 0.3 is 0 Å². The highest BCUT2D eigenvalue weighted by Gasteiger charge is 2.30. The molecular formula is C19H22ClN3O3S. The molecule has 27 heavy (non-hydrogen) atoms. The van der Waals surface area contributed by atoms with Gasteiger partial charge in [0.05, 0.1) is 34.6 Å². The van der Waals surface area contributed by atoms with Crippen LogP contribution in [-0.4, -0.2) is 31.2 Å². The number of benzene rings is 1. The predicted octanol–water partition coefficient (Wildman–Crippen LogP) is 3.34. The van der Waals surface area contributed by atoms with Crippen LogP contribution in [0.3, 0.4) is 0 Å². The van der Waals surface area contributed by atoms with Gasteiger partial charge in [-0.1, -0.05) is 42.8 Å². The van der Waals surface area contributed by atoms with Crippen molar-refractivity contribution in [2.75, 3.05) is 19.4 Å². The molecule has 1 heterocycles. The summed E-state index contributed by atoms with van der Waals surface area (Å²) in [5.74, 6) is -0.0538. The Morgan fingerprint density at radius 3 is 2.93 bits per heavy atom. The molecule has 144 valence electrons. The molecule has 1 atom stereocenters. The second kappa shape index (κ2) is 10.2. The average molecular weight is 408 g/mol. The summed E-state index contributed by atoms with van der Waals surface area (Å²) in [4.78, 5) is 24.1. The van der Waals surface area contributed by atoms with Crippen LogP contribution < -0.4 is 15.4 Å². The summed E-state index contributed by atoms with van der Waals surface area (Å²) in [6, 6.07) is 7.41. The summed E-state index contributed by atoms with van der Waals surface area (Å²) in [5, 5.41) is 16.0. The minimum absolute atomic E-state index is 0.123. The molecule has 6 nitrogen and oxygen atoms in total. The number of allylic oxidation sites excluding steroid dienone is 1. The lowest BCUT2D eigenvalue weighted by Gasteiger charge is -2.25. The van der Waals surface area contributed by atoms with E-state index in [1.807, 2.05) is 6.92 Å². The van der Waals surface area contributed by atoms with Gasteiger partial charge in [-0.25, -0.2) is 0 Å². The van der Waals surface area contributed by atoms with E-state index in [9.17, 15) is 14.9 Å². The molecule has 0 fully saturated rings. The SMILES string of the molecule is CCCCNC(=O)CSC1=C(C#N)[C@H](c2ccc(OC)c(Cl)c2)CC(=O)N1. The number of rotatable bonds is 8. The van der Waals surface area contributed by atoms with Crippen molar-refractivity contribution in [3.05, 3.63) is 39.4 Å². The molecule has 2 rings (SSSR count). The summed E-state index contributed by atoms with van der Waals surface area (Å²) in [5.41, 5.74) is 1.19. The van der Waals surface area contributed by atoms with Crippen molar-refractivity contribution in [3.8, 4) is 11.8 Å². The third-order valence-electron chi connectivity index (χ3n) is 4.13. The quantitative estimate of drug-likeness (QED) is 0.645. The molecule has 1 aromatic carbocycles. The monoisotopic (exact) mass is 407 g/mol. The summed E-state index contributed by atoms with van der Waals surface area (Å²) in [6.07, 6.45) is 2.07. The first-order chi connectivity index (χ1) is 13.0. The molecule has 0 radical (unpaired) electrons. The van der Waals surface area contributed by atoms with Crippen molar-refractivity contribution >= 4 is 35.2 Å². The lowest BCUT2D eigenvalue weighted by atomic mass is 9.87. The fourth-order valence-corrected chi connectivity index (χ4v) is 3.88. The Morgan fingerprint density at radius 2 is 2.30 bits per heavy atom. The van der Waals surface area contributed by atoms with Gasteiger partial charge in [-0.2, -0.15) is 5.26 Å². The maximum Gasteiger partial charge on any atom is 0.230 e. The molecule has 1 aliphatic rings. The lowest BCUT2D eigenvalue weighted by Crippen LogP contribution is -2.32. The van der Waals surface area contributed by atoms with Gasteiger partial charge in [-0.15, -0.1) is 0 Å². The van der Waals surface area contributed by atoms with E-state index in [1.54, 1.807) is 18.2 Å². The zero-order valence-corrected chi connectivity index (χ0v) is 16.9. The third kappa shape index (κ3) is 5.65. The zero-order valence-electron chi connectivity index (χ0n) is 15.3. The maximum absolute atomic E-state index is 12.2. The van der Waals surface area contributed by atoms with E-state index in [-0.39, 0.29) is 24.0 Å². The molecule has 1 aromatic rings. The maximum atomic E-state index is 12.2. The van der Waals surface area contributed by atoms with E-state index in [4.69, 9.17) is 16.3 Å². The fraction of sp³-hybridized carbons (Fsp3) is 0.421. The first-order valence-electron chi connectivity index (χ1n) is 8.67. The standard InChI is InChI=1S/C19H22ClN3O3S/c1-3-4-7-22-18(25)11-27-19-14(10-21)13(9-17(24)23-19)12-5-6-16(26-2)15(20)8-12/h5-6,8,13H,3-4,7,9,11H2,1-2H3,(H,22,25)(H,23,24)/t13-/m0/s1. The van der Waals surface area contributed by atoms with Gasteiger partial charge in [0.2, 0.25) is 11.8 Å². The van der Waals surface area contributed by atoms with Gasteiger partial charge in [-0.05, 0) is 24.1 Å². The van der Waals surface area contributed by atoms with Crippen LogP contribution in [0.15, 0.2) is 28.8 Å². The van der Waals surface area contributed by atoms with Gasteiger partial charge < -0.3 is 15.4 Å². The number of nitrogens with one attached hydrogen (secondary N) is 2. The molecule has 0 spiro atoms. The Hall–Kier alpha value is -2.17. The number of unbranched alkanes of at least 4 members (excludes halogenated alkanes) is 1. The molecular weight excluding hydrogens is 386 g/mol. The van der Waals surface area contributed by atoms with Crippen LogP contribution in [0.1, 0.15) is 37.7 Å². The number of ether oxygens (including phenoxy) is 1. The highest BCUT2D eigenvalue weighted by molar-refractivity contribution is 8.03. The minimum atomic E-state index is -0.405. The normalized spacial score (nSPS) is 16.5. The van der Waals surface area contributed by atoms with Crippen molar-refractivity contribution in [3.63, 3.8) is 0 Å². The van der Waals surface area contributed by atoms with E-state index in [1.165, 1.54) is 18.9 Å². The minimum Gasteiger partial charge on any atom is -0.495 e. The molecule has 8 heteroatoms. The average Bonchev–Trinajstić information content (AvgIpc) is 2.66. The van der Waals surface area contributed by atoms with Gasteiger partial charge in [0.15, 0.2) is 0 Å². The number of hydrogen-bond donors (Lipinski definition) is 2. The molecule has 0 unspecified atom stereocenters. The van der Waals surface area contributed by atoms with Crippen molar-refractivity contribution < 1.29 is 14.3 Å². The second-order valence-electron chi connectivity index (χ2n) is 6.05. The van der Waals surface area contributed by atoms with Crippen molar-refractivity contribution in [2.45, 2.75) is 32.1 Å². The van der Waals surface area contributed by atoms with Gasteiger partial charge in [0, 0.05) is 18.9 Å². The lowest BCUT2D eigenvalue weighted by molar-refractivity contribution is -0.121. The number of hydrogen-bond acceptors (Lipinski definition) is 5. The van der Waals surface area contributed by atoms with Gasteiger partial charge in [-0.3, -0.25) is 9.59 Å². The highest BCUT2D eigenvalue weighted by Crippen LogP contribution is 2.38. The van der Waals surface area contributed by atoms with Crippen LogP contribution >= 0.6 is 23.4 Å². The number of carbonyl (C=O) groups is 2. The van der Waals surface area contributed by atoms with Crippen molar-refractivity contribution in [2.24, 2.45) is 0 Å². The number of amides is 2. The molecule has 1 aliphatic heterocycles.